The van der Waals surface area contributed by atoms with Crippen molar-refractivity contribution < 1.29 is 4.79 Å². The Labute approximate surface area is 86.3 Å². The first-order valence-electron chi connectivity index (χ1n) is 4.50. The van der Waals surface area contributed by atoms with Crippen molar-refractivity contribution >= 4 is 21.7 Å². The van der Waals surface area contributed by atoms with E-state index >= 15 is 0 Å². The zero-order chi connectivity index (χ0) is 9.26. The average molecular weight is 239 g/mol. The molecule has 1 aromatic carbocycles. The third-order valence-corrected chi connectivity index (χ3v) is 2.96. The zero-order valence-corrected chi connectivity index (χ0v) is 8.88. The molecule has 2 heteroatoms. The number of carbonyl (C=O) groups is 1. The molecule has 0 N–H and O–H groups in total. The third kappa shape index (κ3) is 1.99. The smallest absolute Gasteiger partial charge is 0.165 e. The molecule has 1 aromatic rings. The van der Waals surface area contributed by atoms with Crippen LogP contribution in [0.4, 0.5) is 0 Å². The highest BCUT2D eigenvalue weighted by atomic mass is 79.9. The van der Waals surface area contributed by atoms with Crippen molar-refractivity contribution in [3.8, 4) is 0 Å². The summed E-state index contributed by atoms with van der Waals surface area (Å²) in [5.74, 6) is 0.647. The first-order valence-corrected chi connectivity index (χ1v) is 5.62. The van der Waals surface area contributed by atoms with Crippen LogP contribution in [0.1, 0.15) is 28.8 Å². The molecule has 0 aliphatic heterocycles. The highest BCUT2D eigenvalue weighted by molar-refractivity contribution is 9.08. The number of Topliss-reactive ketones (excluding diaryl/α,β-unsaturated/α-hetero) is 1. The largest absolute Gasteiger partial charge is 0.294 e. The van der Waals surface area contributed by atoms with Crippen molar-refractivity contribution in [2.24, 2.45) is 5.92 Å². The summed E-state index contributed by atoms with van der Waals surface area (Å²) in [7, 11) is 0. The van der Waals surface area contributed by atoms with Crippen molar-refractivity contribution in [3.05, 3.63) is 35.4 Å². The minimum atomic E-state index is 0.322. The molecule has 1 aliphatic rings. The molecular weight excluding hydrogens is 228 g/mol. The number of alkyl halides is 1. The van der Waals surface area contributed by atoms with Crippen LogP contribution in [0.15, 0.2) is 24.3 Å². The molecule has 0 unspecified atom stereocenters. The maximum absolute atomic E-state index is 11.7. The van der Waals surface area contributed by atoms with Gasteiger partial charge in [0.25, 0.3) is 0 Å². The Hall–Kier alpha value is -0.630. The number of carbonyl (C=O) groups excluding carboxylic acids is 1. The second-order valence-corrected chi connectivity index (χ2v) is 4.03. The minimum Gasteiger partial charge on any atom is -0.294 e. The van der Waals surface area contributed by atoms with Crippen LogP contribution in [-0.4, -0.2) is 5.78 Å². The van der Waals surface area contributed by atoms with Crippen molar-refractivity contribution in [3.63, 3.8) is 0 Å². The van der Waals surface area contributed by atoms with Gasteiger partial charge in [-0.15, -0.1) is 0 Å². The van der Waals surface area contributed by atoms with Gasteiger partial charge in [0.1, 0.15) is 0 Å². The summed E-state index contributed by atoms with van der Waals surface area (Å²) in [6, 6.07) is 7.87. The molecule has 13 heavy (non-hydrogen) atoms. The first-order chi connectivity index (χ1) is 6.31. The van der Waals surface area contributed by atoms with Gasteiger partial charge in [-0.2, -0.15) is 0 Å². The lowest BCUT2D eigenvalue weighted by molar-refractivity contribution is 0.0967. The summed E-state index contributed by atoms with van der Waals surface area (Å²) in [6.45, 7) is 0. The first kappa shape index (κ1) is 8.95. The molecule has 1 nitrogen and oxygen atoms in total. The minimum absolute atomic E-state index is 0.322. The third-order valence-electron chi connectivity index (χ3n) is 2.31. The molecule has 68 valence electrons. The number of benzene rings is 1. The number of ketones is 1. The van der Waals surface area contributed by atoms with Gasteiger partial charge >= 0.3 is 0 Å². The van der Waals surface area contributed by atoms with Gasteiger partial charge in [-0.3, -0.25) is 4.79 Å². The number of hydrogen-bond acceptors (Lipinski definition) is 1. The fraction of sp³-hybridized carbons (Fsp3) is 0.364. The van der Waals surface area contributed by atoms with E-state index in [1.165, 1.54) is 5.56 Å². The molecule has 0 bridgehead atoms. The molecule has 0 spiro atoms. The molecule has 0 heterocycles. The van der Waals surface area contributed by atoms with Crippen molar-refractivity contribution in [2.45, 2.75) is 18.2 Å². The topological polar surface area (TPSA) is 17.1 Å². The van der Waals surface area contributed by atoms with E-state index in [-0.39, 0.29) is 0 Å². The second-order valence-electron chi connectivity index (χ2n) is 3.47. The van der Waals surface area contributed by atoms with Gasteiger partial charge in [0.05, 0.1) is 0 Å². The quantitative estimate of drug-likeness (QED) is 0.584. The Morgan fingerprint density at radius 3 is 2.85 bits per heavy atom. The number of hydrogen-bond donors (Lipinski definition) is 0. The van der Waals surface area contributed by atoms with E-state index in [2.05, 4.69) is 15.9 Å². The highest BCUT2D eigenvalue weighted by Crippen LogP contribution is 2.32. The molecule has 0 radical (unpaired) electrons. The van der Waals surface area contributed by atoms with E-state index in [1.807, 2.05) is 24.3 Å². The van der Waals surface area contributed by atoms with Gasteiger partial charge in [-0.05, 0) is 24.5 Å². The van der Waals surface area contributed by atoms with E-state index in [0.29, 0.717) is 11.7 Å². The summed E-state index contributed by atoms with van der Waals surface area (Å²) in [5, 5.41) is 0.818. The fourth-order valence-electron chi connectivity index (χ4n) is 1.39. The van der Waals surface area contributed by atoms with Gasteiger partial charge in [0, 0.05) is 16.8 Å². The summed E-state index contributed by atoms with van der Waals surface area (Å²) in [6.07, 6.45) is 2.16. The van der Waals surface area contributed by atoms with Gasteiger partial charge in [-0.1, -0.05) is 34.1 Å². The van der Waals surface area contributed by atoms with Crippen LogP contribution < -0.4 is 0 Å². The molecule has 0 atom stereocenters. The van der Waals surface area contributed by atoms with E-state index < -0.39 is 0 Å². The van der Waals surface area contributed by atoms with Gasteiger partial charge in [-0.25, -0.2) is 0 Å². The van der Waals surface area contributed by atoms with Crippen LogP contribution in [0.5, 0.6) is 0 Å². The van der Waals surface area contributed by atoms with E-state index in [1.54, 1.807) is 0 Å². The number of halogens is 1. The SMILES string of the molecule is O=C(c1cccc(CBr)c1)C1CC1. The van der Waals surface area contributed by atoms with Gasteiger partial charge < -0.3 is 0 Å². The summed E-state index contributed by atoms with van der Waals surface area (Å²) in [5.41, 5.74) is 2.05. The van der Waals surface area contributed by atoms with Crippen molar-refractivity contribution in [1.29, 1.82) is 0 Å². The Morgan fingerprint density at radius 1 is 1.46 bits per heavy atom. The van der Waals surface area contributed by atoms with Gasteiger partial charge in [0.2, 0.25) is 0 Å². The second kappa shape index (κ2) is 3.62. The maximum atomic E-state index is 11.7. The molecule has 1 aliphatic carbocycles. The lowest BCUT2D eigenvalue weighted by atomic mass is 10.1. The highest BCUT2D eigenvalue weighted by Gasteiger charge is 2.30. The maximum Gasteiger partial charge on any atom is 0.165 e. The monoisotopic (exact) mass is 238 g/mol. The lowest BCUT2D eigenvalue weighted by Gasteiger charge is -2.00. The zero-order valence-electron chi connectivity index (χ0n) is 7.29. The van der Waals surface area contributed by atoms with Crippen molar-refractivity contribution in [2.75, 3.05) is 0 Å². The average Bonchev–Trinajstić information content (AvgIpc) is 3.00. The van der Waals surface area contributed by atoms with Crippen molar-refractivity contribution in [1.82, 2.24) is 0 Å². The Morgan fingerprint density at radius 2 is 2.23 bits per heavy atom. The van der Waals surface area contributed by atoms with E-state index in [9.17, 15) is 4.79 Å². The molecule has 2 rings (SSSR count). The van der Waals surface area contributed by atoms with E-state index in [0.717, 1.165) is 23.7 Å². The predicted molar refractivity (Wildman–Crippen MR) is 56.1 cm³/mol. The molecular formula is C11H11BrO. The van der Waals surface area contributed by atoms with E-state index in [4.69, 9.17) is 0 Å². The van der Waals surface area contributed by atoms with Crippen LogP contribution in [-0.2, 0) is 5.33 Å². The van der Waals surface area contributed by atoms with Crippen LogP contribution in [0, 0.1) is 5.92 Å². The number of rotatable bonds is 3. The fourth-order valence-corrected chi connectivity index (χ4v) is 1.74. The predicted octanol–water partition coefficient (Wildman–Crippen LogP) is 3.17. The molecule has 1 fully saturated rings. The molecule has 0 aromatic heterocycles. The van der Waals surface area contributed by atoms with Crippen LogP contribution in [0.3, 0.4) is 0 Å². The molecule has 0 saturated heterocycles. The Bertz CT molecular complexity index is 329. The molecule has 1 saturated carbocycles. The normalized spacial score (nSPS) is 15.8. The summed E-state index contributed by atoms with van der Waals surface area (Å²) in [4.78, 5) is 11.7. The van der Waals surface area contributed by atoms with Gasteiger partial charge in [0.15, 0.2) is 5.78 Å². The summed E-state index contributed by atoms with van der Waals surface area (Å²) >= 11 is 3.38. The standard InChI is InChI=1S/C11H11BrO/c12-7-8-2-1-3-10(6-8)11(13)9-4-5-9/h1-3,6,9H,4-5,7H2. The summed E-state index contributed by atoms with van der Waals surface area (Å²) < 4.78 is 0. The van der Waals surface area contributed by atoms with Crippen LogP contribution in [0.25, 0.3) is 0 Å². The molecule has 0 amide bonds. The van der Waals surface area contributed by atoms with Crippen LogP contribution >= 0.6 is 15.9 Å². The Kier molecular flexibility index (Phi) is 2.49. The van der Waals surface area contributed by atoms with Crippen LogP contribution in [0.2, 0.25) is 0 Å². The Balaban J connectivity index is 2.23. The lowest BCUT2D eigenvalue weighted by Crippen LogP contribution is -2.01.